The molecule has 1 heterocycles. The number of ether oxygens (including phenoxy) is 3. The minimum Gasteiger partial charge on any atom is -0.497 e. The van der Waals surface area contributed by atoms with Crippen LogP contribution in [0.25, 0.3) is 22.0 Å². The average Bonchev–Trinajstić information content (AvgIpc) is 3.31. The summed E-state index contributed by atoms with van der Waals surface area (Å²) in [6, 6.07) is 12.7. The largest absolute Gasteiger partial charge is 0.497 e. The van der Waals surface area contributed by atoms with Gasteiger partial charge in [-0.1, -0.05) is 17.3 Å². The van der Waals surface area contributed by atoms with Gasteiger partial charge in [-0.25, -0.2) is 4.79 Å². The van der Waals surface area contributed by atoms with E-state index in [4.69, 9.17) is 19.0 Å². The highest BCUT2D eigenvalue weighted by molar-refractivity contribution is 6.44. The van der Waals surface area contributed by atoms with Crippen LogP contribution in [0.1, 0.15) is 5.69 Å². The fourth-order valence-electron chi connectivity index (χ4n) is 3.90. The number of nitro groups is 2. The molecule has 0 saturated heterocycles. The van der Waals surface area contributed by atoms with Crippen LogP contribution < -0.4 is 19.0 Å². The number of carboxylic acid groups (broad SMARTS) is 1. The van der Waals surface area contributed by atoms with Crippen molar-refractivity contribution < 1.29 is 38.8 Å². The van der Waals surface area contributed by atoms with E-state index in [0.717, 1.165) is 12.1 Å². The monoisotopic (exact) mass is 536 g/mol. The zero-order valence-electron chi connectivity index (χ0n) is 20.7. The number of carboxylic acids is 1. The molecule has 0 aliphatic rings. The van der Waals surface area contributed by atoms with Gasteiger partial charge >= 0.3 is 11.7 Å². The smallest absolute Gasteiger partial charge is 0.360 e. The molecule has 2 N–H and O–H groups in total. The Morgan fingerprint density at radius 3 is 2.13 bits per heavy atom. The fraction of sp³-hybridized carbons (Fsp3) is 0.120. The molecule has 0 atom stereocenters. The van der Waals surface area contributed by atoms with Crippen LogP contribution in [-0.4, -0.2) is 52.9 Å². The number of carbonyl (C=O) groups is 1. The van der Waals surface area contributed by atoms with Gasteiger partial charge in [-0.2, -0.15) is 0 Å². The van der Waals surface area contributed by atoms with Gasteiger partial charge in [0.25, 0.3) is 5.69 Å². The first-order valence-electron chi connectivity index (χ1n) is 11.0. The number of nitrogens with one attached hydrogen (secondary N) is 1. The van der Waals surface area contributed by atoms with E-state index in [-0.39, 0.29) is 5.69 Å². The van der Waals surface area contributed by atoms with Crippen molar-refractivity contribution in [3.8, 4) is 34.1 Å². The number of oxime groups is 1. The van der Waals surface area contributed by atoms with Crippen LogP contribution in [0.15, 0.2) is 59.8 Å². The van der Waals surface area contributed by atoms with Gasteiger partial charge in [0.05, 0.1) is 53.8 Å². The molecular formula is C25H20N4O10. The second-order valence-electron chi connectivity index (χ2n) is 7.86. The van der Waals surface area contributed by atoms with Gasteiger partial charge in [-0.3, -0.25) is 20.2 Å². The summed E-state index contributed by atoms with van der Waals surface area (Å²) in [6.45, 7) is 0. The van der Waals surface area contributed by atoms with Gasteiger partial charge in [0, 0.05) is 23.8 Å². The number of rotatable bonds is 10. The minimum atomic E-state index is -1.52. The number of aromatic amines is 1. The van der Waals surface area contributed by atoms with Crippen molar-refractivity contribution in [2.75, 3.05) is 21.3 Å². The van der Waals surface area contributed by atoms with Crippen molar-refractivity contribution in [1.82, 2.24) is 4.98 Å². The van der Waals surface area contributed by atoms with Crippen molar-refractivity contribution in [1.29, 1.82) is 0 Å². The second-order valence-corrected chi connectivity index (χ2v) is 7.86. The lowest BCUT2D eigenvalue weighted by molar-refractivity contribution is -0.394. The standard InChI is InChI=1S/C25H20N4O10/c1-36-15-7-4-13(5-8-15)21-22-17(11-16(37-2)12-20(22)38-3)26-23(21)24(25(30)31)27-39-19-9-6-14(28(32)33)10-18(19)29(34)35/h4-12,26H,1-3H3,(H,30,31)/b27-24-. The van der Waals surface area contributed by atoms with Crippen molar-refractivity contribution in [3.63, 3.8) is 0 Å². The van der Waals surface area contributed by atoms with Crippen molar-refractivity contribution >= 4 is 34.0 Å². The molecule has 14 heteroatoms. The summed E-state index contributed by atoms with van der Waals surface area (Å²) in [6.07, 6.45) is 0. The Kier molecular flexibility index (Phi) is 7.28. The molecule has 200 valence electrons. The molecule has 4 aromatic rings. The summed E-state index contributed by atoms with van der Waals surface area (Å²) in [5.74, 6) is -0.651. The minimum absolute atomic E-state index is 0.00113. The lowest BCUT2D eigenvalue weighted by Crippen LogP contribution is -2.17. The van der Waals surface area contributed by atoms with Gasteiger partial charge in [-0.15, -0.1) is 0 Å². The summed E-state index contributed by atoms with van der Waals surface area (Å²) in [7, 11) is 4.41. The zero-order valence-corrected chi connectivity index (χ0v) is 20.7. The molecule has 14 nitrogen and oxygen atoms in total. The van der Waals surface area contributed by atoms with Gasteiger partial charge in [0.15, 0.2) is 0 Å². The van der Waals surface area contributed by atoms with Crippen LogP contribution in [-0.2, 0) is 4.79 Å². The summed E-state index contributed by atoms with van der Waals surface area (Å²) < 4.78 is 16.1. The molecule has 0 bridgehead atoms. The molecule has 39 heavy (non-hydrogen) atoms. The van der Waals surface area contributed by atoms with E-state index < -0.39 is 38.7 Å². The number of aliphatic carboxylic acids is 1. The molecule has 0 aliphatic carbocycles. The predicted octanol–water partition coefficient (Wildman–Crippen LogP) is 4.54. The Labute approximate surface area is 219 Å². The number of nitrogens with zero attached hydrogens (tertiary/aromatic N) is 3. The van der Waals surface area contributed by atoms with Crippen LogP contribution in [0.5, 0.6) is 23.0 Å². The Hall–Kier alpha value is -5.66. The number of hydrogen-bond acceptors (Lipinski definition) is 10. The van der Waals surface area contributed by atoms with Gasteiger partial charge < -0.3 is 29.1 Å². The molecule has 1 aromatic heterocycles. The molecule has 4 rings (SSSR count). The Bertz CT molecular complexity index is 1630. The van der Waals surface area contributed by atoms with Gasteiger partial charge in [0.2, 0.25) is 11.5 Å². The number of aromatic nitrogens is 1. The first-order valence-corrected chi connectivity index (χ1v) is 11.0. The SMILES string of the molecule is COc1ccc(-c2c(/C(=N/Oc3ccc([N+](=O)[O-])cc3[N+](=O)[O-])C(=O)O)[nH]c3cc(OC)cc(OC)c23)cc1. The lowest BCUT2D eigenvalue weighted by Gasteiger charge is -2.10. The first-order chi connectivity index (χ1) is 18.7. The highest BCUT2D eigenvalue weighted by Crippen LogP contribution is 2.41. The molecule has 3 aromatic carbocycles. The van der Waals surface area contributed by atoms with Crippen LogP contribution in [0.4, 0.5) is 11.4 Å². The van der Waals surface area contributed by atoms with E-state index >= 15 is 0 Å². The maximum absolute atomic E-state index is 12.4. The summed E-state index contributed by atoms with van der Waals surface area (Å²) >= 11 is 0. The summed E-state index contributed by atoms with van der Waals surface area (Å²) in [5.41, 5.74) is -0.552. The molecular weight excluding hydrogens is 516 g/mol. The zero-order chi connectivity index (χ0) is 28.3. The quantitative estimate of drug-likeness (QED) is 0.165. The third-order valence-electron chi connectivity index (χ3n) is 5.69. The number of methoxy groups -OCH3 is 3. The number of benzene rings is 3. The third kappa shape index (κ3) is 5.11. The van der Waals surface area contributed by atoms with Crippen molar-refractivity contribution in [3.05, 3.63) is 80.5 Å². The predicted molar refractivity (Wildman–Crippen MR) is 138 cm³/mol. The topological polar surface area (TPSA) is 189 Å². The van der Waals surface area contributed by atoms with Gasteiger partial charge in [-0.05, 0) is 23.8 Å². The van der Waals surface area contributed by atoms with Crippen LogP contribution in [0.3, 0.4) is 0 Å². The van der Waals surface area contributed by atoms with Crippen LogP contribution in [0, 0.1) is 20.2 Å². The highest BCUT2D eigenvalue weighted by Gasteiger charge is 2.27. The molecule has 0 radical (unpaired) electrons. The third-order valence-corrected chi connectivity index (χ3v) is 5.69. The Morgan fingerprint density at radius 1 is 0.872 bits per heavy atom. The number of nitro benzene ring substituents is 2. The first kappa shape index (κ1) is 26.4. The van der Waals surface area contributed by atoms with Crippen LogP contribution >= 0.6 is 0 Å². The number of non-ortho nitro benzene ring substituents is 1. The van der Waals surface area contributed by atoms with Crippen LogP contribution in [0.2, 0.25) is 0 Å². The summed E-state index contributed by atoms with van der Waals surface area (Å²) in [4.78, 5) is 41.4. The maximum Gasteiger partial charge on any atom is 0.360 e. The molecule has 0 aliphatic heterocycles. The number of fused-ring (bicyclic) bond motifs is 1. The van der Waals surface area contributed by atoms with Gasteiger partial charge in [0.1, 0.15) is 17.2 Å². The van der Waals surface area contributed by atoms with E-state index in [9.17, 15) is 30.1 Å². The van der Waals surface area contributed by atoms with Crippen molar-refractivity contribution in [2.45, 2.75) is 0 Å². The van der Waals surface area contributed by atoms with E-state index in [0.29, 0.717) is 45.3 Å². The van der Waals surface area contributed by atoms with E-state index in [1.54, 1.807) is 36.4 Å². The summed E-state index contributed by atoms with van der Waals surface area (Å²) in [5, 5.41) is 36.8. The second kappa shape index (κ2) is 10.8. The Balaban J connectivity index is 1.95. The average molecular weight is 536 g/mol. The number of H-pyrrole nitrogens is 1. The molecule has 0 saturated carbocycles. The van der Waals surface area contributed by atoms with E-state index in [1.807, 2.05) is 0 Å². The normalized spacial score (nSPS) is 11.2. The van der Waals surface area contributed by atoms with E-state index in [2.05, 4.69) is 10.1 Å². The van der Waals surface area contributed by atoms with E-state index in [1.165, 1.54) is 21.3 Å². The number of hydrogen-bond donors (Lipinski definition) is 2. The molecule has 0 unspecified atom stereocenters. The maximum atomic E-state index is 12.4. The molecule has 0 fully saturated rings. The molecule has 0 amide bonds. The van der Waals surface area contributed by atoms with Crippen molar-refractivity contribution in [2.24, 2.45) is 5.16 Å². The highest BCUT2D eigenvalue weighted by atomic mass is 16.7. The lowest BCUT2D eigenvalue weighted by atomic mass is 9.99. The Morgan fingerprint density at radius 2 is 1.56 bits per heavy atom. The fourth-order valence-corrected chi connectivity index (χ4v) is 3.90. The molecule has 0 spiro atoms.